The van der Waals surface area contributed by atoms with Crippen LogP contribution in [-0.4, -0.2) is 0 Å². The van der Waals surface area contributed by atoms with E-state index in [2.05, 4.69) is 0 Å². The second-order valence-electron chi connectivity index (χ2n) is 0. The van der Waals surface area contributed by atoms with Crippen molar-refractivity contribution in [1.29, 1.82) is 0 Å². The van der Waals surface area contributed by atoms with Crippen molar-refractivity contribution < 1.29 is 51.5 Å². The average Bonchev–Trinajstić information content (AvgIpc) is 0. The predicted octanol–water partition coefficient (Wildman–Crippen LogP) is 0.331. The van der Waals surface area contributed by atoms with Gasteiger partial charge in [0.15, 0.2) is 0 Å². The maximum absolute atomic E-state index is 0. The maximum Gasteiger partial charge on any atom is 0 e. The topological polar surface area (TPSA) is 0 Å². The van der Waals surface area contributed by atoms with Gasteiger partial charge in [-0.3, -0.25) is 0 Å². The molecule has 0 aliphatic rings. The van der Waals surface area contributed by atoms with Gasteiger partial charge in [-0.1, -0.05) is 0 Å². The number of hydrogen-bond acceptors (Lipinski definition) is 0. The maximum atomic E-state index is 0. The molecule has 6 heavy (non-hydrogen) atoms. The van der Waals surface area contributed by atoms with Crippen LogP contribution in [0.3, 0.4) is 0 Å². The third-order valence-electron chi connectivity index (χ3n) is 0. The second-order valence-corrected chi connectivity index (χ2v) is 0. The van der Waals surface area contributed by atoms with E-state index in [0.29, 0.717) is 0 Å². The van der Waals surface area contributed by atoms with Crippen molar-refractivity contribution in [3.05, 3.63) is 0 Å². The van der Waals surface area contributed by atoms with Crippen LogP contribution in [0, 0.1) is 0 Å². The molecule has 0 saturated heterocycles. The molecule has 0 radical (unpaired) electrons. The van der Waals surface area contributed by atoms with Gasteiger partial charge in [-0.05, 0) is 0 Å². The van der Waals surface area contributed by atoms with Crippen molar-refractivity contribution in [1.82, 2.24) is 0 Å². The van der Waals surface area contributed by atoms with Crippen molar-refractivity contribution in [2.45, 2.75) is 0 Å². The summed E-state index contributed by atoms with van der Waals surface area (Å²) in [5, 5.41) is 0. The molecule has 0 heterocycles. The van der Waals surface area contributed by atoms with Gasteiger partial charge in [0.05, 0.1) is 0 Å². The van der Waals surface area contributed by atoms with Crippen molar-refractivity contribution in [3.63, 3.8) is 0 Å². The van der Waals surface area contributed by atoms with E-state index in [9.17, 15) is 0 Å². The molecule has 46 valence electrons. The summed E-state index contributed by atoms with van der Waals surface area (Å²) < 4.78 is 0. The summed E-state index contributed by atoms with van der Waals surface area (Å²) in [6.07, 6.45) is 0. The number of rotatable bonds is 0. The molecule has 0 nitrogen and oxygen atoms in total. The van der Waals surface area contributed by atoms with Gasteiger partial charge in [0.1, 0.15) is 0 Å². The van der Waals surface area contributed by atoms with Crippen molar-refractivity contribution >= 4 is 40.5 Å². The second kappa shape index (κ2) is 48.6. The van der Waals surface area contributed by atoms with Gasteiger partial charge in [-0.15, -0.1) is 0 Å². The van der Waals surface area contributed by atoms with Gasteiger partial charge < -0.3 is 0 Å². The molecule has 0 amide bonds. The van der Waals surface area contributed by atoms with Crippen LogP contribution in [0.15, 0.2) is 0 Å². The first-order chi connectivity index (χ1) is 0. The van der Waals surface area contributed by atoms with Crippen LogP contribution >= 0.6 is 40.5 Å². The molecule has 0 N–H and O–H groups in total. The molecule has 0 aromatic rings. The fourth-order valence-electron chi connectivity index (χ4n) is 0. The third kappa shape index (κ3) is 30.4. The molecule has 0 unspecified atom stereocenters. The summed E-state index contributed by atoms with van der Waals surface area (Å²) in [6.45, 7) is 0. The SMILES string of the molecule is S.S.S.[Cr].[Fe].[Fe]. The van der Waals surface area contributed by atoms with Gasteiger partial charge >= 0.3 is 0 Å². The summed E-state index contributed by atoms with van der Waals surface area (Å²) in [7, 11) is 0. The minimum atomic E-state index is 0. The van der Waals surface area contributed by atoms with E-state index in [-0.39, 0.29) is 92.0 Å². The first-order valence-electron chi connectivity index (χ1n) is 0. The molecule has 0 fully saturated rings. The molecular formula is H6CrFe2S3. The summed E-state index contributed by atoms with van der Waals surface area (Å²) >= 11 is 0. The first kappa shape index (κ1) is 72.9. The van der Waals surface area contributed by atoms with E-state index in [1.165, 1.54) is 0 Å². The Morgan fingerprint density at radius 1 is 0.500 bits per heavy atom. The Morgan fingerprint density at radius 3 is 0.500 bits per heavy atom. The molecule has 0 aliphatic carbocycles. The Morgan fingerprint density at radius 2 is 0.500 bits per heavy atom. The Labute approximate surface area is 91.0 Å². The summed E-state index contributed by atoms with van der Waals surface area (Å²) in [4.78, 5) is 0. The van der Waals surface area contributed by atoms with Crippen LogP contribution in [0.4, 0.5) is 0 Å². The predicted molar refractivity (Wildman–Crippen MR) is 31.1 cm³/mol. The molecule has 0 bridgehead atoms. The van der Waals surface area contributed by atoms with Crippen LogP contribution < -0.4 is 0 Å². The van der Waals surface area contributed by atoms with Crippen molar-refractivity contribution in [3.8, 4) is 0 Å². The summed E-state index contributed by atoms with van der Waals surface area (Å²) in [5.41, 5.74) is 0. The van der Waals surface area contributed by atoms with E-state index in [1.807, 2.05) is 0 Å². The molecule has 0 saturated carbocycles. The van der Waals surface area contributed by atoms with Crippen molar-refractivity contribution in [2.75, 3.05) is 0 Å². The monoisotopic (exact) mass is 266 g/mol. The normalized spacial score (nSPS) is 0. The van der Waals surface area contributed by atoms with E-state index >= 15 is 0 Å². The van der Waals surface area contributed by atoms with Gasteiger partial charge in [0, 0.05) is 51.5 Å². The van der Waals surface area contributed by atoms with Gasteiger partial charge in [-0.25, -0.2) is 0 Å². The van der Waals surface area contributed by atoms with E-state index in [0.717, 1.165) is 0 Å². The van der Waals surface area contributed by atoms with Crippen LogP contribution in [0.1, 0.15) is 0 Å². The van der Waals surface area contributed by atoms with E-state index in [1.54, 1.807) is 0 Å². The van der Waals surface area contributed by atoms with Gasteiger partial charge in [0.2, 0.25) is 0 Å². The molecule has 6 heteroatoms. The first-order valence-corrected chi connectivity index (χ1v) is 0. The molecule has 0 aromatic heterocycles. The summed E-state index contributed by atoms with van der Waals surface area (Å²) in [5.74, 6) is 0. The van der Waals surface area contributed by atoms with Crippen LogP contribution in [0.5, 0.6) is 0 Å². The van der Waals surface area contributed by atoms with E-state index < -0.39 is 0 Å². The Bertz CT molecular complexity index is 8.75. The standard InChI is InChI=1S/Cr.2Fe.3H2S/h;;;3*1H2. The zero-order chi connectivity index (χ0) is 0. The zero-order valence-electron chi connectivity index (χ0n) is 2.62. The zero-order valence-corrected chi connectivity index (χ0v) is 9.10. The number of hydrogen-bond donors (Lipinski definition) is 0. The van der Waals surface area contributed by atoms with Crippen molar-refractivity contribution in [2.24, 2.45) is 0 Å². The Hall–Kier alpha value is 2.62. The molecule has 0 aliphatic heterocycles. The molecule has 0 spiro atoms. The largest absolute Gasteiger partial charge is 0.197 e. The molecule has 0 rings (SSSR count). The van der Waals surface area contributed by atoms with Crippen LogP contribution in [0.2, 0.25) is 0 Å². The fraction of sp³-hybridized carbons (Fsp3) is 0. The molecule has 0 atom stereocenters. The Balaban J connectivity index is 0. The van der Waals surface area contributed by atoms with Crippen LogP contribution in [0.25, 0.3) is 0 Å². The Kier molecular flexibility index (Phi) is 591. The third-order valence-corrected chi connectivity index (χ3v) is 0. The fourth-order valence-corrected chi connectivity index (χ4v) is 0. The quantitative estimate of drug-likeness (QED) is 0.554. The smallest absolute Gasteiger partial charge is 0 e. The minimum Gasteiger partial charge on any atom is -0.197 e. The summed E-state index contributed by atoms with van der Waals surface area (Å²) in [6, 6.07) is 0. The molecular weight excluding hydrogens is 260 g/mol. The average molecular weight is 266 g/mol. The minimum absolute atomic E-state index is 0. The van der Waals surface area contributed by atoms with Crippen LogP contribution in [-0.2, 0) is 51.5 Å². The van der Waals surface area contributed by atoms with Gasteiger partial charge in [-0.2, -0.15) is 40.5 Å². The van der Waals surface area contributed by atoms with E-state index in [4.69, 9.17) is 0 Å². The molecule has 0 aromatic carbocycles. The van der Waals surface area contributed by atoms with Gasteiger partial charge in [0.25, 0.3) is 0 Å².